The van der Waals surface area contributed by atoms with Crippen molar-refractivity contribution < 1.29 is 4.79 Å². The van der Waals surface area contributed by atoms with Gasteiger partial charge in [0.05, 0.1) is 36.1 Å². The van der Waals surface area contributed by atoms with E-state index in [0.717, 1.165) is 63.4 Å². The highest BCUT2D eigenvalue weighted by molar-refractivity contribution is 5.81. The molecule has 0 radical (unpaired) electrons. The summed E-state index contributed by atoms with van der Waals surface area (Å²) in [5, 5.41) is 28.8. The Labute approximate surface area is 212 Å². The molecule has 4 atom stereocenters. The molecule has 4 unspecified atom stereocenters. The third-order valence-corrected chi connectivity index (χ3v) is 8.12. The number of hydrogen-bond acceptors (Lipinski definition) is 10. The highest BCUT2D eigenvalue weighted by Gasteiger charge is 2.45. The monoisotopic (exact) mass is 492 g/mol. The van der Waals surface area contributed by atoms with Gasteiger partial charge in [-0.05, 0) is 49.7 Å². The fraction of sp³-hybridized carbons (Fsp3) is 0.680. The van der Waals surface area contributed by atoms with Gasteiger partial charge in [-0.25, -0.2) is 10.4 Å². The Balaban J connectivity index is 1.23. The number of carbonyl (C=O) groups is 1. The van der Waals surface area contributed by atoms with Crippen LogP contribution in [0.2, 0.25) is 0 Å². The van der Waals surface area contributed by atoms with E-state index in [0.29, 0.717) is 31.2 Å². The largest absolute Gasteiger partial charge is 0.368 e. The van der Waals surface area contributed by atoms with Gasteiger partial charge in [-0.2, -0.15) is 10.5 Å². The van der Waals surface area contributed by atoms with E-state index in [1.54, 1.807) is 0 Å². The normalized spacial score (nSPS) is 30.1. The van der Waals surface area contributed by atoms with Crippen LogP contribution >= 0.6 is 0 Å². The maximum atomic E-state index is 12.8. The molecule has 1 amide bonds. The molecule has 4 aliphatic heterocycles. The van der Waals surface area contributed by atoms with E-state index in [2.05, 4.69) is 48.7 Å². The highest BCUT2D eigenvalue weighted by Crippen LogP contribution is 2.27. The fourth-order valence-electron chi connectivity index (χ4n) is 5.93. The second-order valence-electron chi connectivity index (χ2n) is 10.4. The minimum absolute atomic E-state index is 0.0127. The fourth-order valence-corrected chi connectivity index (χ4v) is 5.93. The quantitative estimate of drug-likeness (QED) is 0.384. The van der Waals surface area contributed by atoms with Gasteiger partial charge in [-0.3, -0.25) is 25.8 Å². The summed E-state index contributed by atoms with van der Waals surface area (Å²) in [7, 11) is 0. The van der Waals surface area contributed by atoms with Crippen LogP contribution in [0.4, 0.5) is 11.5 Å². The zero-order valence-corrected chi connectivity index (χ0v) is 20.6. The molecule has 0 bridgehead atoms. The van der Waals surface area contributed by atoms with Gasteiger partial charge in [-0.1, -0.05) is 0 Å². The van der Waals surface area contributed by atoms with E-state index in [4.69, 9.17) is 15.5 Å². The molecule has 36 heavy (non-hydrogen) atoms. The molecule has 11 heteroatoms. The minimum atomic E-state index is -0.280. The van der Waals surface area contributed by atoms with Crippen molar-refractivity contribution in [2.45, 2.75) is 57.0 Å². The van der Waals surface area contributed by atoms with Crippen molar-refractivity contribution in [3.05, 3.63) is 18.3 Å². The van der Waals surface area contributed by atoms with Crippen LogP contribution in [0.3, 0.4) is 0 Å². The Morgan fingerprint density at radius 1 is 1.00 bits per heavy atom. The minimum Gasteiger partial charge on any atom is -0.368 e. The predicted molar refractivity (Wildman–Crippen MR) is 135 cm³/mol. The summed E-state index contributed by atoms with van der Waals surface area (Å²) >= 11 is 0. The van der Waals surface area contributed by atoms with Gasteiger partial charge in [0.1, 0.15) is 12.1 Å². The molecule has 5 rings (SSSR count). The number of fused-ring (bicyclic) bond motifs is 1. The SMILES string of the molecule is N#CCC1CCN(c2ccc(NC3NC(N4CCC(CC#N)CC4)NC4CNNC(=O)C43)cn2)CC1. The molecule has 0 aliphatic carbocycles. The van der Waals surface area contributed by atoms with Crippen molar-refractivity contribution in [2.24, 2.45) is 17.8 Å². The number of aromatic nitrogens is 1. The van der Waals surface area contributed by atoms with Crippen molar-refractivity contribution in [2.75, 3.05) is 42.9 Å². The summed E-state index contributed by atoms with van der Waals surface area (Å²) in [5.74, 6) is 1.59. The summed E-state index contributed by atoms with van der Waals surface area (Å²) in [6.07, 6.45) is 6.87. The number of carbonyl (C=O) groups excluding carboxylic acids is 1. The van der Waals surface area contributed by atoms with Crippen LogP contribution in [0.5, 0.6) is 0 Å². The van der Waals surface area contributed by atoms with Crippen molar-refractivity contribution in [1.29, 1.82) is 10.5 Å². The first-order chi connectivity index (χ1) is 17.6. The summed E-state index contributed by atoms with van der Waals surface area (Å²) in [6.45, 7) is 4.33. The van der Waals surface area contributed by atoms with Gasteiger partial charge < -0.3 is 10.2 Å². The number of anilines is 2. The van der Waals surface area contributed by atoms with Crippen LogP contribution < -0.4 is 31.7 Å². The molecule has 11 nitrogen and oxygen atoms in total. The number of likely N-dealkylation sites (tertiary alicyclic amines) is 1. The van der Waals surface area contributed by atoms with Crippen LogP contribution in [0.25, 0.3) is 0 Å². The Hall–Kier alpha value is -2.96. The van der Waals surface area contributed by atoms with E-state index in [1.165, 1.54) is 0 Å². The molecule has 5 N–H and O–H groups in total. The number of pyridine rings is 1. The number of hydrogen-bond donors (Lipinski definition) is 5. The molecule has 0 aromatic carbocycles. The molecular formula is C25H36N10O. The van der Waals surface area contributed by atoms with Crippen LogP contribution in [0, 0.1) is 40.4 Å². The number of hydrazine groups is 1. The second kappa shape index (κ2) is 11.4. The number of nitrogens with zero attached hydrogens (tertiary/aromatic N) is 5. The first kappa shape index (κ1) is 24.7. The number of nitriles is 2. The topological polar surface area (TPSA) is 144 Å². The molecule has 4 saturated heterocycles. The van der Waals surface area contributed by atoms with Crippen LogP contribution in [-0.2, 0) is 4.79 Å². The zero-order chi connectivity index (χ0) is 24.9. The Bertz CT molecular complexity index is 972. The molecule has 5 heterocycles. The molecule has 1 aromatic heterocycles. The number of piperidine rings is 2. The van der Waals surface area contributed by atoms with Crippen molar-refractivity contribution in [1.82, 2.24) is 31.4 Å². The molecule has 4 aliphatic rings. The van der Waals surface area contributed by atoms with Gasteiger partial charge in [0, 0.05) is 51.6 Å². The summed E-state index contributed by atoms with van der Waals surface area (Å²) < 4.78 is 0. The molecule has 1 aromatic rings. The second-order valence-corrected chi connectivity index (χ2v) is 10.4. The molecule has 0 saturated carbocycles. The summed E-state index contributed by atoms with van der Waals surface area (Å²) in [4.78, 5) is 22.1. The molecular weight excluding hydrogens is 456 g/mol. The van der Waals surface area contributed by atoms with Crippen molar-refractivity contribution >= 4 is 17.4 Å². The van der Waals surface area contributed by atoms with E-state index in [1.807, 2.05) is 18.3 Å². The highest BCUT2D eigenvalue weighted by atomic mass is 16.2. The van der Waals surface area contributed by atoms with E-state index >= 15 is 0 Å². The molecule has 192 valence electrons. The Morgan fingerprint density at radius 3 is 2.33 bits per heavy atom. The predicted octanol–water partition coefficient (Wildman–Crippen LogP) is 0.671. The van der Waals surface area contributed by atoms with Crippen LogP contribution in [0.15, 0.2) is 18.3 Å². The smallest absolute Gasteiger partial charge is 0.242 e. The van der Waals surface area contributed by atoms with Crippen LogP contribution in [-0.4, -0.2) is 67.0 Å². The zero-order valence-electron chi connectivity index (χ0n) is 20.6. The van der Waals surface area contributed by atoms with E-state index in [9.17, 15) is 4.79 Å². The average molecular weight is 493 g/mol. The third-order valence-electron chi connectivity index (χ3n) is 8.12. The van der Waals surface area contributed by atoms with Crippen molar-refractivity contribution in [3.63, 3.8) is 0 Å². The van der Waals surface area contributed by atoms with Gasteiger partial charge >= 0.3 is 0 Å². The Kier molecular flexibility index (Phi) is 7.83. The van der Waals surface area contributed by atoms with E-state index in [-0.39, 0.29) is 30.3 Å². The first-order valence-corrected chi connectivity index (χ1v) is 13.1. The molecule has 0 spiro atoms. The van der Waals surface area contributed by atoms with Crippen molar-refractivity contribution in [3.8, 4) is 12.1 Å². The van der Waals surface area contributed by atoms with E-state index < -0.39 is 0 Å². The Morgan fingerprint density at radius 2 is 1.69 bits per heavy atom. The summed E-state index contributed by atoms with van der Waals surface area (Å²) in [6, 6.07) is 8.65. The van der Waals surface area contributed by atoms with Gasteiger partial charge in [0.15, 0.2) is 0 Å². The lowest BCUT2D eigenvalue weighted by Gasteiger charge is -2.49. The third kappa shape index (κ3) is 5.55. The van der Waals surface area contributed by atoms with Gasteiger partial charge in [0.25, 0.3) is 0 Å². The summed E-state index contributed by atoms with van der Waals surface area (Å²) in [5.41, 5.74) is 6.66. The number of nitrogens with one attached hydrogen (secondary N) is 5. The maximum absolute atomic E-state index is 12.8. The standard InChI is InChI=1S/C25H36N10O/c26-9-3-17-5-11-34(12-6-17)21-2-1-19(15-28-21)30-23-22-20(16-29-33-24(22)36)31-25(32-23)35-13-7-18(4-10-27)8-14-35/h1-2,15,17-18,20,22-23,25,29-32H,3-8,11-14,16H2,(H,33,36). The number of amides is 1. The number of rotatable bonds is 6. The van der Waals surface area contributed by atoms with Gasteiger partial charge in [-0.15, -0.1) is 0 Å². The first-order valence-electron chi connectivity index (χ1n) is 13.1. The maximum Gasteiger partial charge on any atom is 0.242 e. The molecule has 4 fully saturated rings. The lowest BCUT2D eigenvalue weighted by Crippen LogP contribution is -2.77. The lowest BCUT2D eigenvalue weighted by atomic mass is 9.90. The van der Waals surface area contributed by atoms with Crippen LogP contribution in [0.1, 0.15) is 38.5 Å². The lowest BCUT2D eigenvalue weighted by molar-refractivity contribution is -0.132. The average Bonchev–Trinajstić information content (AvgIpc) is 2.90. The van der Waals surface area contributed by atoms with Gasteiger partial charge in [0.2, 0.25) is 5.91 Å².